The highest BCUT2D eigenvalue weighted by Crippen LogP contribution is 2.32. The van der Waals surface area contributed by atoms with Gasteiger partial charge in [-0.15, -0.1) is 11.3 Å². The molecule has 1 saturated heterocycles. The highest BCUT2D eigenvalue weighted by atomic mass is 32.1. The Hall–Kier alpha value is -3.44. The quantitative estimate of drug-likeness (QED) is 0.502. The molecule has 1 aliphatic rings. The van der Waals surface area contributed by atoms with Crippen molar-refractivity contribution in [2.45, 2.75) is 25.4 Å². The van der Waals surface area contributed by atoms with Crippen molar-refractivity contribution in [1.82, 2.24) is 14.8 Å². The number of nitrogens with zero attached hydrogens (tertiary/aromatic N) is 3. The van der Waals surface area contributed by atoms with Crippen LogP contribution in [-0.2, 0) is 16.9 Å². The number of urea groups is 1. The predicted octanol–water partition coefficient (Wildman–Crippen LogP) is 3.27. The lowest BCUT2D eigenvalue weighted by molar-refractivity contribution is -0.130. The van der Waals surface area contributed by atoms with Crippen LogP contribution in [0.1, 0.15) is 28.6 Å². The first-order valence-electron chi connectivity index (χ1n) is 9.12. The molecule has 3 heterocycles. The van der Waals surface area contributed by atoms with Crippen LogP contribution in [0.5, 0.6) is 0 Å². The van der Waals surface area contributed by atoms with Gasteiger partial charge in [-0.1, -0.05) is 24.3 Å². The maximum Gasteiger partial charge on any atom is 0.325 e. The van der Waals surface area contributed by atoms with Crippen LogP contribution in [0.3, 0.4) is 0 Å². The average Bonchev–Trinajstić information content (AvgIpc) is 3.42. The molecule has 0 aliphatic carbocycles. The number of para-hydroxylation sites is 1. The number of amides is 3. The number of aromatic nitrogens is 1. The minimum atomic E-state index is -1.16. The number of carbonyl (C=O) groups is 3. The van der Waals surface area contributed by atoms with Crippen molar-refractivity contribution in [3.05, 3.63) is 58.4 Å². The van der Waals surface area contributed by atoms with Crippen molar-refractivity contribution in [1.29, 1.82) is 5.26 Å². The van der Waals surface area contributed by atoms with Crippen molar-refractivity contribution in [2.24, 2.45) is 0 Å². The number of fused-ring (bicyclic) bond motifs is 1. The van der Waals surface area contributed by atoms with E-state index < -0.39 is 17.5 Å². The van der Waals surface area contributed by atoms with Gasteiger partial charge in [-0.25, -0.2) is 4.79 Å². The summed E-state index contributed by atoms with van der Waals surface area (Å²) in [4.78, 5) is 40.2. The second-order valence-electron chi connectivity index (χ2n) is 7.01. The van der Waals surface area contributed by atoms with Crippen molar-refractivity contribution >= 4 is 40.0 Å². The molecule has 0 radical (unpaired) electrons. The third kappa shape index (κ3) is 3.09. The topological polar surface area (TPSA) is 95.2 Å². The molecule has 0 spiro atoms. The molecule has 4 rings (SSSR count). The summed E-state index contributed by atoms with van der Waals surface area (Å²) in [7, 11) is 0. The Labute approximate surface area is 171 Å². The maximum absolute atomic E-state index is 13.0. The number of thiophene rings is 1. The van der Waals surface area contributed by atoms with Gasteiger partial charge >= 0.3 is 6.03 Å². The normalized spacial score (nSPS) is 18.8. The Bertz CT molecular complexity index is 1160. The lowest BCUT2D eigenvalue weighted by atomic mass is 10.0. The zero-order valence-corrected chi connectivity index (χ0v) is 16.5. The van der Waals surface area contributed by atoms with Crippen LogP contribution in [0, 0.1) is 11.3 Å². The third-order valence-corrected chi connectivity index (χ3v) is 6.24. The van der Waals surface area contributed by atoms with Crippen LogP contribution in [0.4, 0.5) is 4.79 Å². The van der Waals surface area contributed by atoms with E-state index in [1.54, 1.807) is 19.2 Å². The van der Waals surface area contributed by atoms with E-state index in [2.05, 4.69) is 11.4 Å². The monoisotopic (exact) mass is 406 g/mol. The summed E-state index contributed by atoms with van der Waals surface area (Å²) in [6.45, 7) is 1.78. The van der Waals surface area contributed by atoms with E-state index >= 15 is 0 Å². The molecule has 1 aromatic carbocycles. The van der Waals surface area contributed by atoms with E-state index in [4.69, 9.17) is 5.26 Å². The third-order valence-electron chi connectivity index (χ3n) is 5.14. The fraction of sp³-hybridized carbons (Fsp3) is 0.238. The molecule has 146 valence electrons. The summed E-state index contributed by atoms with van der Waals surface area (Å²) in [5, 5.41) is 14.2. The van der Waals surface area contributed by atoms with Crippen LogP contribution < -0.4 is 5.32 Å². The molecule has 1 fully saturated rings. The van der Waals surface area contributed by atoms with E-state index in [1.165, 1.54) is 11.3 Å². The van der Waals surface area contributed by atoms with Crippen LogP contribution >= 0.6 is 11.3 Å². The second-order valence-corrected chi connectivity index (χ2v) is 7.96. The van der Waals surface area contributed by atoms with Crippen molar-refractivity contribution in [3.63, 3.8) is 0 Å². The van der Waals surface area contributed by atoms with Crippen molar-refractivity contribution < 1.29 is 14.4 Å². The molecule has 1 N–H and O–H groups in total. The fourth-order valence-corrected chi connectivity index (χ4v) is 4.46. The molecule has 3 amide bonds. The number of hydrogen-bond acceptors (Lipinski definition) is 5. The van der Waals surface area contributed by atoms with Gasteiger partial charge in [-0.05, 0) is 24.4 Å². The molecule has 1 aliphatic heterocycles. The van der Waals surface area contributed by atoms with Gasteiger partial charge in [0, 0.05) is 34.1 Å². The number of benzene rings is 1. The van der Waals surface area contributed by atoms with E-state index in [0.717, 1.165) is 20.7 Å². The SMILES string of the molecule is CC1(c2cccs2)NC(=O)N(CC(=O)c2cn(CCC#N)c3ccccc23)C1=O. The van der Waals surface area contributed by atoms with Gasteiger partial charge in [0.25, 0.3) is 5.91 Å². The van der Waals surface area contributed by atoms with Gasteiger partial charge in [0.2, 0.25) is 0 Å². The van der Waals surface area contributed by atoms with Crippen LogP contribution in [0.15, 0.2) is 48.0 Å². The lowest BCUT2D eigenvalue weighted by Gasteiger charge is -2.19. The minimum Gasteiger partial charge on any atom is -0.346 e. The standard InChI is InChI=1S/C21H18N4O3S/c1-21(18-8-4-11-29-18)19(27)25(20(28)23-21)13-17(26)15-12-24(10-5-9-22)16-7-3-2-6-14(15)16/h2-4,6-8,11-12H,5,10,13H2,1H3,(H,23,28). The Balaban J connectivity index is 1.63. The molecular formula is C21H18N4O3S. The Kier molecular flexibility index (Phi) is 4.68. The first kappa shape index (κ1) is 18.9. The highest BCUT2D eigenvalue weighted by molar-refractivity contribution is 7.10. The summed E-state index contributed by atoms with van der Waals surface area (Å²) in [6, 6.07) is 12.5. The number of ketones is 1. The van der Waals surface area contributed by atoms with E-state index in [-0.39, 0.29) is 12.3 Å². The number of nitriles is 1. The molecule has 8 heteroatoms. The van der Waals surface area contributed by atoms with Crippen molar-refractivity contribution in [3.8, 4) is 6.07 Å². The van der Waals surface area contributed by atoms with Crippen molar-refractivity contribution in [2.75, 3.05) is 6.54 Å². The number of imide groups is 1. The zero-order chi connectivity index (χ0) is 20.6. The maximum atomic E-state index is 13.0. The van der Waals surface area contributed by atoms with Crippen LogP contribution in [-0.4, -0.2) is 33.7 Å². The summed E-state index contributed by atoms with van der Waals surface area (Å²) < 4.78 is 1.85. The average molecular weight is 406 g/mol. The smallest absolute Gasteiger partial charge is 0.325 e. The Morgan fingerprint density at radius 2 is 2.03 bits per heavy atom. The van der Waals surface area contributed by atoms with Gasteiger partial charge in [-0.2, -0.15) is 5.26 Å². The van der Waals surface area contributed by atoms with Gasteiger partial charge in [-0.3, -0.25) is 14.5 Å². The summed E-state index contributed by atoms with van der Waals surface area (Å²) >= 11 is 1.38. The van der Waals surface area contributed by atoms with E-state index in [9.17, 15) is 14.4 Å². The summed E-state index contributed by atoms with van der Waals surface area (Å²) in [5.74, 6) is -0.762. The van der Waals surface area contributed by atoms with Crippen LogP contribution in [0.2, 0.25) is 0 Å². The zero-order valence-electron chi connectivity index (χ0n) is 15.7. The molecule has 1 atom stereocenters. The molecular weight excluding hydrogens is 388 g/mol. The molecule has 3 aromatic rings. The lowest BCUT2D eigenvalue weighted by Crippen LogP contribution is -2.40. The van der Waals surface area contributed by atoms with Crippen LogP contribution in [0.25, 0.3) is 10.9 Å². The first-order valence-corrected chi connectivity index (χ1v) is 10.00. The minimum absolute atomic E-state index is 0.318. The number of aryl methyl sites for hydroxylation is 1. The molecule has 0 saturated carbocycles. The highest BCUT2D eigenvalue weighted by Gasteiger charge is 2.50. The number of hydrogen-bond donors (Lipinski definition) is 1. The number of Topliss-reactive ketones (excluding diaryl/α,β-unsaturated/α-hetero) is 1. The van der Waals surface area contributed by atoms with Gasteiger partial charge in [0.15, 0.2) is 11.3 Å². The molecule has 2 aromatic heterocycles. The van der Waals surface area contributed by atoms with Gasteiger partial charge in [0.05, 0.1) is 19.0 Å². The second kappa shape index (κ2) is 7.18. The summed E-state index contributed by atoms with van der Waals surface area (Å²) in [6.07, 6.45) is 2.01. The number of rotatable bonds is 6. The fourth-order valence-electron chi connectivity index (χ4n) is 3.62. The first-order chi connectivity index (χ1) is 14.0. The van der Waals surface area contributed by atoms with Gasteiger partial charge < -0.3 is 9.88 Å². The largest absolute Gasteiger partial charge is 0.346 e. The number of nitrogens with one attached hydrogen (secondary N) is 1. The molecule has 0 bridgehead atoms. The summed E-state index contributed by atoms with van der Waals surface area (Å²) in [5.41, 5.74) is 0.113. The van der Waals surface area contributed by atoms with E-state index in [0.29, 0.717) is 18.5 Å². The Morgan fingerprint density at radius 3 is 2.76 bits per heavy atom. The van der Waals surface area contributed by atoms with Gasteiger partial charge in [0.1, 0.15) is 0 Å². The Morgan fingerprint density at radius 1 is 1.24 bits per heavy atom. The molecule has 1 unspecified atom stereocenters. The predicted molar refractivity (Wildman–Crippen MR) is 108 cm³/mol. The molecule has 29 heavy (non-hydrogen) atoms. The number of carbonyl (C=O) groups excluding carboxylic acids is 3. The van der Waals surface area contributed by atoms with E-state index in [1.807, 2.05) is 40.3 Å². The molecule has 7 nitrogen and oxygen atoms in total.